The van der Waals surface area contributed by atoms with E-state index in [-0.39, 0.29) is 25.8 Å². The molecule has 0 nitrogen and oxygen atoms in total. The van der Waals surface area contributed by atoms with Crippen LogP contribution >= 0.6 is 0 Å². The molecule has 0 saturated carbocycles. The quantitative estimate of drug-likeness (QED) is 0.278. The third kappa shape index (κ3) is 5.27. The van der Waals surface area contributed by atoms with Crippen LogP contribution < -0.4 is 0 Å². The Morgan fingerprint density at radius 1 is 0.654 bits per heavy atom. The van der Waals surface area contributed by atoms with Gasteiger partial charge in [0.1, 0.15) is 0 Å². The maximum absolute atomic E-state index is 3.49. The van der Waals surface area contributed by atoms with Crippen LogP contribution in [0.25, 0.3) is 21.5 Å². The van der Waals surface area contributed by atoms with Crippen LogP contribution in [0.5, 0.6) is 0 Å². The van der Waals surface area contributed by atoms with Crippen molar-refractivity contribution in [3.63, 3.8) is 0 Å². The molecule has 0 fully saturated rings. The number of hydrogen-bond acceptors (Lipinski definition) is 0. The average molecular weight is 374 g/mol. The van der Waals surface area contributed by atoms with Crippen molar-refractivity contribution >= 4 is 21.5 Å². The molecule has 0 atom stereocenters. The maximum atomic E-state index is 3.49. The largest absolute Gasteiger partial charge is 3.00 e. The van der Waals surface area contributed by atoms with E-state index >= 15 is 0 Å². The molecule has 0 aliphatic rings. The summed E-state index contributed by atoms with van der Waals surface area (Å²) in [5, 5.41) is 5.57. The van der Waals surface area contributed by atoms with Crippen molar-refractivity contribution in [1.29, 1.82) is 0 Å². The summed E-state index contributed by atoms with van der Waals surface area (Å²) >= 11 is 0. The predicted octanol–water partition coefficient (Wildman–Crippen LogP) is 7.58. The Kier molecular flexibility index (Phi) is 9.22. The summed E-state index contributed by atoms with van der Waals surface area (Å²) in [5.74, 6) is 0. The van der Waals surface area contributed by atoms with Crippen molar-refractivity contribution in [2.24, 2.45) is 0 Å². The summed E-state index contributed by atoms with van der Waals surface area (Å²) in [7, 11) is 0. The maximum Gasteiger partial charge on any atom is 3.00 e. The van der Waals surface area contributed by atoms with Crippen molar-refractivity contribution in [2.75, 3.05) is 0 Å². The Balaban J connectivity index is 0.000000219. The fraction of sp³-hybridized carbons (Fsp3) is 0.240. The van der Waals surface area contributed by atoms with Gasteiger partial charge in [0.05, 0.1) is 0 Å². The van der Waals surface area contributed by atoms with Gasteiger partial charge in [0.2, 0.25) is 0 Å². The van der Waals surface area contributed by atoms with Crippen LogP contribution in [-0.2, 0) is 25.8 Å². The van der Waals surface area contributed by atoms with E-state index in [2.05, 4.69) is 95.3 Å². The van der Waals surface area contributed by atoms with Gasteiger partial charge in [-0.2, -0.15) is 30.7 Å². The van der Waals surface area contributed by atoms with E-state index in [1.165, 1.54) is 43.8 Å². The molecule has 4 aromatic rings. The third-order valence-electron chi connectivity index (χ3n) is 4.50. The summed E-state index contributed by atoms with van der Waals surface area (Å²) in [6.45, 7) is 14.1. The molecular formula is C25H29Sc. The number of hydrogen-bond donors (Lipinski definition) is 0. The zero-order valence-electron chi connectivity index (χ0n) is 16.8. The van der Waals surface area contributed by atoms with Gasteiger partial charge in [-0.3, -0.25) is 0 Å². The molecule has 0 saturated heterocycles. The van der Waals surface area contributed by atoms with Gasteiger partial charge in [0, 0.05) is 0 Å². The standard InChI is InChI=1S/2C11H11.C3H7.Sc/c2*1-8-6-7-9(2)11-5-3-4-10(8)11;1-3-2;/h2*3-7H,1-2H3;1,3H2,2H3;/q3*-1;+3. The smallest absolute Gasteiger partial charge is 0.344 e. The first-order chi connectivity index (χ1) is 12.0. The molecule has 0 aliphatic heterocycles. The Hall–Kier alpha value is -1.47. The van der Waals surface area contributed by atoms with Gasteiger partial charge < -0.3 is 6.92 Å². The van der Waals surface area contributed by atoms with Gasteiger partial charge >= 0.3 is 25.8 Å². The average Bonchev–Trinajstić information content (AvgIpc) is 3.26. The second-order valence-corrected chi connectivity index (χ2v) is 6.60. The van der Waals surface area contributed by atoms with E-state index in [4.69, 9.17) is 0 Å². The summed E-state index contributed by atoms with van der Waals surface area (Å²) in [6.07, 6.45) is 1.00. The topological polar surface area (TPSA) is 0 Å². The van der Waals surface area contributed by atoms with Crippen LogP contribution in [0.3, 0.4) is 0 Å². The summed E-state index contributed by atoms with van der Waals surface area (Å²) in [5.41, 5.74) is 5.48. The molecule has 1 heteroatoms. The minimum atomic E-state index is 0. The second kappa shape index (κ2) is 10.6. The Morgan fingerprint density at radius 2 is 0.962 bits per heavy atom. The zero-order valence-corrected chi connectivity index (χ0v) is 18.6. The fourth-order valence-corrected chi connectivity index (χ4v) is 3.07. The fourth-order valence-electron chi connectivity index (χ4n) is 3.07. The number of rotatable bonds is 0. The van der Waals surface area contributed by atoms with Crippen molar-refractivity contribution in [3.8, 4) is 0 Å². The van der Waals surface area contributed by atoms with Gasteiger partial charge in [-0.05, 0) is 13.8 Å². The van der Waals surface area contributed by atoms with Crippen molar-refractivity contribution in [3.05, 3.63) is 89.8 Å². The van der Waals surface area contributed by atoms with Gasteiger partial charge in [0.25, 0.3) is 0 Å². The van der Waals surface area contributed by atoms with Crippen molar-refractivity contribution in [1.82, 2.24) is 0 Å². The predicted molar refractivity (Wildman–Crippen MR) is 114 cm³/mol. The first kappa shape index (κ1) is 22.6. The molecule has 0 spiro atoms. The van der Waals surface area contributed by atoms with Gasteiger partial charge in [-0.15, -0.1) is 56.9 Å². The van der Waals surface area contributed by atoms with E-state index in [1.54, 1.807) is 0 Å². The minimum absolute atomic E-state index is 0. The number of fused-ring (bicyclic) bond motifs is 2. The van der Waals surface area contributed by atoms with E-state index in [1.807, 2.05) is 6.92 Å². The summed E-state index contributed by atoms with van der Waals surface area (Å²) in [4.78, 5) is 0. The monoisotopic (exact) mass is 374 g/mol. The first-order valence-corrected chi connectivity index (χ1v) is 9.02. The van der Waals surface area contributed by atoms with Crippen LogP contribution in [0.1, 0.15) is 35.6 Å². The molecule has 4 rings (SSSR count). The molecule has 0 aliphatic carbocycles. The Morgan fingerprint density at radius 3 is 1.27 bits per heavy atom. The normalized spacial score (nSPS) is 9.77. The molecule has 0 N–H and O–H groups in total. The van der Waals surface area contributed by atoms with Gasteiger partial charge in [-0.25, -0.2) is 0 Å². The van der Waals surface area contributed by atoms with Crippen molar-refractivity contribution < 1.29 is 25.8 Å². The van der Waals surface area contributed by atoms with Crippen LogP contribution in [0.4, 0.5) is 0 Å². The SMILES string of the molecule is Cc1ccc(C)c2[cH-]ccc12.Cc1ccc(C)c2[cH-]ccc12.[CH2-]CC.[Sc+3]. The van der Waals surface area contributed by atoms with Crippen LogP contribution in [0, 0.1) is 34.6 Å². The molecule has 132 valence electrons. The summed E-state index contributed by atoms with van der Waals surface area (Å²) < 4.78 is 0. The first-order valence-electron chi connectivity index (χ1n) is 9.02. The van der Waals surface area contributed by atoms with E-state index in [0.29, 0.717) is 0 Å². The molecule has 4 aromatic carbocycles. The number of aryl methyl sites for hydroxylation is 4. The van der Waals surface area contributed by atoms with Crippen LogP contribution in [0.2, 0.25) is 0 Å². The van der Waals surface area contributed by atoms with E-state index in [9.17, 15) is 0 Å². The van der Waals surface area contributed by atoms with Crippen LogP contribution in [0.15, 0.2) is 60.7 Å². The van der Waals surface area contributed by atoms with Gasteiger partial charge in [-0.1, -0.05) is 44.0 Å². The number of benzene rings is 2. The third-order valence-corrected chi connectivity index (χ3v) is 4.50. The molecule has 0 amide bonds. The molecule has 0 bridgehead atoms. The Labute approximate surface area is 177 Å². The van der Waals surface area contributed by atoms with Gasteiger partial charge in [0.15, 0.2) is 0 Å². The van der Waals surface area contributed by atoms with E-state index < -0.39 is 0 Å². The molecule has 0 unspecified atom stereocenters. The van der Waals surface area contributed by atoms with E-state index in [0.717, 1.165) is 6.42 Å². The van der Waals surface area contributed by atoms with Crippen molar-refractivity contribution in [2.45, 2.75) is 41.0 Å². The minimum Gasteiger partial charge on any atom is -0.344 e. The van der Waals surface area contributed by atoms with Crippen LogP contribution in [-0.4, -0.2) is 0 Å². The molecule has 0 aromatic heterocycles. The zero-order chi connectivity index (χ0) is 18.4. The molecular weight excluding hydrogens is 345 g/mol. The Bertz CT molecular complexity index is 787. The summed E-state index contributed by atoms with van der Waals surface area (Å²) in [6, 6.07) is 21.7. The second-order valence-electron chi connectivity index (χ2n) is 6.60. The molecule has 0 radical (unpaired) electrons. The molecule has 26 heavy (non-hydrogen) atoms. The molecule has 0 heterocycles.